The number of hydrogen-bond acceptors (Lipinski definition) is 3. The van der Waals surface area contributed by atoms with Gasteiger partial charge in [0.1, 0.15) is 5.75 Å². The summed E-state index contributed by atoms with van der Waals surface area (Å²) in [5.41, 5.74) is 1.21. The molecule has 122 valence electrons. The molecular formula is C18H22ClN2OS+. The second kappa shape index (κ2) is 7.95. The Morgan fingerprint density at radius 3 is 2.30 bits per heavy atom. The molecule has 0 bridgehead atoms. The molecular weight excluding hydrogens is 328 g/mol. The smallest absolute Gasteiger partial charge is 0.115 e. The number of thioether (sulfide) groups is 1. The maximum Gasteiger partial charge on any atom is 0.115 e. The van der Waals surface area contributed by atoms with Crippen LogP contribution in [0.4, 0.5) is 5.69 Å². The molecule has 1 fully saturated rings. The maximum absolute atomic E-state index is 9.37. The molecule has 2 aromatic carbocycles. The molecule has 0 saturated carbocycles. The van der Waals surface area contributed by atoms with Crippen LogP contribution in [0.25, 0.3) is 0 Å². The van der Waals surface area contributed by atoms with Gasteiger partial charge in [-0.25, -0.2) is 0 Å². The molecule has 5 heteroatoms. The van der Waals surface area contributed by atoms with Gasteiger partial charge in [-0.15, -0.1) is 11.8 Å². The molecule has 0 spiro atoms. The lowest BCUT2D eigenvalue weighted by Crippen LogP contribution is -3.15. The molecule has 1 heterocycles. The van der Waals surface area contributed by atoms with Gasteiger partial charge in [0, 0.05) is 21.4 Å². The van der Waals surface area contributed by atoms with Crippen molar-refractivity contribution in [2.75, 3.05) is 43.4 Å². The Morgan fingerprint density at radius 1 is 1.00 bits per heavy atom. The van der Waals surface area contributed by atoms with E-state index in [-0.39, 0.29) is 0 Å². The van der Waals surface area contributed by atoms with Crippen LogP contribution in [0.1, 0.15) is 0 Å². The van der Waals surface area contributed by atoms with Crippen LogP contribution in [0.2, 0.25) is 5.02 Å². The first-order valence-corrected chi connectivity index (χ1v) is 9.33. The molecule has 3 nitrogen and oxygen atoms in total. The summed E-state index contributed by atoms with van der Waals surface area (Å²) >= 11 is 7.81. The zero-order valence-corrected chi connectivity index (χ0v) is 14.6. The quantitative estimate of drug-likeness (QED) is 0.812. The van der Waals surface area contributed by atoms with Crippen LogP contribution >= 0.6 is 23.4 Å². The SMILES string of the molecule is Oc1ccc(N2CC[NH+](CCSc3ccc(Cl)cc3)CC2)cc1. The molecule has 2 N–H and O–H groups in total. The van der Waals surface area contributed by atoms with E-state index in [9.17, 15) is 5.11 Å². The minimum atomic E-state index is 0.331. The molecule has 0 radical (unpaired) electrons. The third kappa shape index (κ3) is 4.80. The van der Waals surface area contributed by atoms with Crippen molar-refractivity contribution in [1.29, 1.82) is 0 Å². The molecule has 23 heavy (non-hydrogen) atoms. The summed E-state index contributed by atoms with van der Waals surface area (Å²) in [6, 6.07) is 15.6. The summed E-state index contributed by atoms with van der Waals surface area (Å²) in [5.74, 6) is 1.47. The van der Waals surface area contributed by atoms with Crippen LogP contribution in [-0.2, 0) is 0 Å². The molecule has 0 amide bonds. The number of anilines is 1. The van der Waals surface area contributed by atoms with E-state index in [2.05, 4.69) is 17.0 Å². The standard InChI is InChI=1S/C18H21ClN2OS/c19-15-1-7-18(8-2-15)23-14-13-20-9-11-21(12-10-20)16-3-5-17(22)6-4-16/h1-8,22H,9-14H2/p+1. The van der Waals surface area contributed by atoms with Gasteiger partial charge in [0.2, 0.25) is 0 Å². The lowest BCUT2D eigenvalue weighted by atomic mass is 10.2. The van der Waals surface area contributed by atoms with Gasteiger partial charge in [-0.05, 0) is 48.5 Å². The van der Waals surface area contributed by atoms with Crippen molar-refractivity contribution in [2.24, 2.45) is 0 Å². The number of hydrogen-bond donors (Lipinski definition) is 2. The summed E-state index contributed by atoms with van der Waals surface area (Å²) in [6.45, 7) is 5.68. The number of piperazine rings is 1. The fourth-order valence-electron chi connectivity index (χ4n) is 2.84. The lowest BCUT2D eigenvalue weighted by molar-refractivity contribution is -0.898. The molecule has 1 aliphatic rings. The van der Waals surface area contributed by atoms with Crippen molar-refractivity contribution >= 4 is 29.1 Å². The largest absolute Gasteiger partial charge is 0.508 e. The van der Waals surface area contributed by atoms with Gasteiger partial charge in [-0.3, -0.25) is 0 Å². The van der Waals surface area contributed by atoms with Crippen LogP contribution in [0, 0.1) is 0 Å². The van der Waals surface area contributed by atoms with Crippen LogP contribution in [-0.4, -0.2) is 43.6 Å². The van der Waals surface area contributed by atoms with Crippen LogP contribution in [0.3, 0.4) is 0 Å². The van der Waals surface area contributed by atoms with Crippen molar-refractivity contribution in [3.8, 4) is 5.75 Å². The second-order valence-electron chi connectivity index (χ2n) is 5.81. The summed E-state index contributed by atoms with van der Waals surface area (Å²) in [5, 5.41) is 10.2. The summed E-state index contributed by atoms with van der Waals surface area (Å²) in [6.07, 6.45) is 0. The van der Waals surface area contributed by atoms with Crippen LogP contribution in [0.15, 0.2) is 53.4 Å². The van der Waals surface area contributed by atoms with E-state index in [1.54, 1.807) is 17.0 Å². The number of nitrogens with zero attached hydrogens (tertiary/aromatic N) is 1. The molecule has 0 aliphatic carbocycles. The Labute approximate surface area is 146 Å². The molecule has 0 atom stereocenters. The van der Waals surface area contributed by atoms with E-state index in [1.807, 2.05) is 36.0 Å². The number of quaternary nitrogens is 1. The maximum atomic E-state index is 9.37. The number of phenols is 1. The summed E-state index contributed by atoms with van der Waals surface area (Å²) in [4.78, 5) is 5.35. The van der Waals surface area contributed by atoms with Gasteiger partial charge < -0.3 is 14.9 Å². The first-order chi connectivity index (χ1) is 11.2. The van der Waals surface area contributed by atoms with Crippen molar-refractivity contribution in [3.63, 3.8) is 0 Å². The van der Waals surface area contributed by atoms with E-state index in [0.29, 0.717) is 5.75 Å². The van der Waals surface area contributed by atoms with E-state index < -0.39 is 0 Å². The molecule has 0 aromatic heterocycles. The topological polar surface area (TPSA) is 27.9 Å². The lowest BCUT2D eigenvalue weighted by Gasteiger charge is -2.33. The highest BCUT2D eigenvalue weighted by molar-refractivity contribution is 7.99. The van der Waals surface area contributed by atoms with E-state index >= 15 is 0 Å². The summed E-state index contributed by atoms with van der Waals surface area (Å²) in [7, 11) is 0. The Bertz CT molecular complexity index is 607. The number of benzene rings is 2. The number of aromatic hydroxyl groups is 1. The second-order valence-corrected chi connectivity index (χ2v) is 7.41. The molecule has 1 aliphatic heterocycles. The average Bonchev–Trinajstić information content (AvgIpc) is 2.58. The monoisotopic (exact) mass is 349 g/mol. The normalized spacial score (nSPS) is 15.8. The Hall–Kier alpha value is -1.36. The Morgan fingerprint density at radius 2 is 1.65 bits per heavy atom. The van der Waals surface area contributed by atoms with Crippen molar-refractivity contribution < 1.29 is 10.0 Å². The Kier molecular flexibility index (Phi) is 5.70. The first-order valence-electron chi connectivity index (χ1n) is 7.96. The molecule has 3 rings (SSSR count). The fourth-order valence-corrected chi connectivity index (χ4v) is 3.92. The third-order valence-electron chi connectivity index (χ3n) is 4.22. The van der Waals surface area contributed by atoms with E-state index in [0.717, 1.165) is 23.9 Å². The van der Waals surface area contributed by atoms with Gasteiger partial charge in [-0.1, -0.05) is 11.6 Å². The number of phenolic OH excluding ortho intramolecular Hbond substituents is 1. The van der Waals surface area contributed by atoms with Crippen molar-refractivity contribution in [2.45, 2.75) is 4.90 Å². The molecule has 2 aromatic rings. The van der Waals surface area contributed by atoms with Gasteiger partial charge in [0.05, 0.1) is 32.7 Å². The highest BCUT2D eigenvalue weighted by Gasteiger charge is 2.19. The van der Waals surface area contributed by atoms with Crippen LogP contribution in [0.5, 0.6) is 5.75 Å². The van der Waals surface area contributed by atoms with Crippen molar-refractivity contribution in [1.82, 2.24) is 0 Å². The molecule has 1 saturated heterocycles. The minimum Gasteiger partial charge on any atom is -0.508 e. The van der Waals surface area contributed by atoms with Crippen molar-refractivity contribution in [3.05, 3.63) is 53.6 Å². The zero-order chi connectivity index (χ0) is 16.1. The minimum absolute atomic E-state index is 0.331. The fraction of sp³-hybridized carbons (Fsp3) is 0.333. The first kappa shape index (κ1) is 16.5. The zero-order valence-electron chi connectivity index (χ0n) is 13.0. The number of nitrogens with one attached hydrogen (secondary N) is 1. The number of rotatable bonds is 5. The van der Waals surface area contributed by atoms with E-state index in [4.69, 9.17) is 11.6 Å². The average molecular weight is 350 g/mol. The van der Waals surface area contributed by atoms with Gasteiger partial charge in [0.25, 0.3) is 0 Å². The number of halogens is 1. The predicted octanol–water partition coefficient (Wildman–Crippen LogP) is 2.54. The van der Waals surface area contributed by atoms with Gasteiger partial charge in [-0.2, -0.15) is 0 Å². The summed E-state index contributed by atoms with van der Waals surface area (Å²) < 4.78 is 0. The molecule has 0 unspecified atom stereocenters. The Balaban J connectivity index is 1.40. The van der Waals surface area contributed by atoms with Gasteiger partial charge in [0.15, 0.2) is 0 Å². The van der Waals surface area contributed by atoms with E-state index in [1.165, 1.54) is 30.2 Å². The highest BCUT2D eigenvalue weighted by atomic mass is 35.5. The third-order valence-corrected chi connectivity index (χ3v) is 5.49. The van der Waals surface area contributed by atoms with Gasteiger partial charge >= 0.3 is 0 Å². The predicted molar refractivity (Wildman–Crippen MR) is 98.1 cm³/mol. The highest BCUT2D eigenvalue weighted by Crippen LogP contribution is 2.20. The van der Waals surface area contributed by atoms with Crippen LogP contribution < -0.4 is 9.80 Å².